The van der Waals surface area contributed by atoms with Crippen LogP contribution in [-0.4, -0.2) is 46.7 Å². The van der Waals surface area contributed by atoms with Crippen LogP contribution in [0.5, 0.6) is 11.5 Å². The van der Waals surface area contributed by atoms with Gasteiger partial charge in [0.1, 0.15) is 18.0 Å². The molecule has 0 atom stereocenters. The number of carbonyl (C=O) groups is 1. The Kier molecular flexibility index (Phi) is 9.16. The number of rotatable bonds is 12. The van der Waals surface area contributed by atoms with Gasteiger partial charge >= 0.3 is 0 Å². The van der Waals surface area contributed by atoms with Gasteiger partial charge in [-0.15, -0.1) is 0 Å². The molecular weight excluding hydrogens is 516 g/mol. The number of nitrogens with zero attached hydrogens (tertiary/aromatic N) is 3. The van der Waals surface area contributed by atoms with Gasteiger partial charge in [-0.05, 0) is 69.6 Å². The quantitative estimate of drug-likeness (QED) is 0.184. The first kappa shape index (κ1) is 28.1. The van der Waals surface area contributed by atoms with Gasteiger partial charge in [0.25, 0.3) is 5.91 Å². The summed E-state index contributed by atoms with van der Waals surface area (Å²) < 4.78 is 11.6. The van der Waals surface area contributed by atoms with Crippen molar-refractivity contribution in [2.75, 3.05) is 30.9 Å². The summed E-state index contributed by atoms with van der Waals surface area (Å²) in [6, 6.07) is 13.9. The zero-order valence-corrected chi connectivity index (χ0v) is 23.0. The van der Waals surface area contributed by atoms with Crippen LogP contribution >= 0.6 is 11.6 Å². The molecule has 39 heavy (non-hydrogen) atoms. The number of methoxy groups -OCH3 is 1. The molecule has 0 spiro atoms. The number of halogens is 1. The van der Waals surface area contributed by atoms with E-state index < -0.39 is 0 Å². The number of fused-ring (bicyclic) bond motifs is 1. The first-order chi connectivity index (χ1) is 18.8. The Bertz CT molecular complexity index is 1430. The Labute approximate surface area is 233 Å². The minimum absolute atomic E-state index is 0.00169. The van der Waals surface area contributed by atoms with Crippen LogP contribution in [0.25, 0.3) is 10.9 Å². The summed E-state index contributed by atoms with van der Waals surface area (Å²) in [7, 11) is 1.60. The number of nitrogens with one attached hydrogen (secondary N) is 3. The van der Waals surface area contributed by atoms with E-state index in [0.717, 1.165) is 24.8 Å². The van der Waals surface area contributed by atoms with Gasteiger partial charge in [0.05, 0.1) is 31.1 Å². The molecular formula is C29H32ClN6O3. The van der Waals surface area contributed by atoms with Crippen molar-refractivity contribution >= 4 is 45.7 Å². The number of benzene rings is 2. The second-order valence-corrected chi connectivity index (χ2v) is 9.96. The number of ether oxygens (including phenoxy) is 2. The SMILES string of the molecule is [CH2]CC(C)(C)NCCCOc1cc2ncnc(Nc3ccc(NC(=O)c4cccc(Cl)c4)nc3)c2cc1OC. The molecule has 0 aliphatic rings. The van der Waals surface area contributed by atoms with E-state index in [9.17, 15) is 4.79 Å². The number of pyridine rings is 1. The zero-order chi connectivity index (χ0) is 27.8. The average molecular weight is 548 g/mol. The van der Waals surface area contributed by atoms with Crippen molar-refractivity contribution in [3.05, 3.63) is 78.6 Å². The number of anilines is 3. The molecule has 2 aromatic carbocycles. The highest BCUT2D eigenvalue weighted by Crippen LogP contribution is 2.34. The van der Waals surface area contributed by atoms with Crippen molar-refractivity contribution in [1.29, 1.82) is 0 Å². The molecule has 0 fully saturated rings. The molecule has 2 heterocycles. The Balaban J connectivity index is 1.42. The molecule has 4 rings (SSSR count). The molecule has 0 aliphatic heterocycles. The molecule has 2 aromatic heterocycles. The smallest absolute Gasteiger partial charge is 0.256 e. The van der Waals surface area contributed by atoms with E-state index in [1.807, 2.05) is 12.1 Å². The summed E-state index contributed by atoms with van der Waals surface area (Å²) in [5.41, 5.74) is 1.85. The second-order valence-electron chi connectivity index (χ2n) is 9.53. The molecule has 10 heteroatoms. The zero-order valence-electron chi connectivity index (χ0n) is 22.3. The lowest BCUT2D eigenvalue weighted by Crippen LogP contribution is -2.39. The first-order valence-electron chi connectivity index (χ1n) is 12.6. The van der Waals surface area contributed by atoms with E-state index >= 15 is 0 Å². The Hall–Kier alpha value is -3.95. The van der Waals surface area contributed by atoms with Crippen LogP contribution in [0.2, 0.25) is 5.02 Å². The van der Waals surface area contributed by atoms with Crippen LogP contribution in [0.15, 0.2) is 61.1 Å². The molecule has 3 N–H and O–H groups in total. The third kappa shape index (κ3) is 7.55. The first-order valence-corrected chi connectivity index (χ1v) is 13.0. The lowest BCUT2D eigenvalue weighted by Gasteiger charge is -2.24. The molecule has 4 aromatic rings. The summed E-state index contributed by atoms with van der Waals surface area (Å²) in [5.74, 6) is 1.90. The molecule has 9 nitrogen and oxygen atoms in total. The normalized spacial score (nSPS) is 11.3. The van der Waals surface area contributed by atoms with Crippen LogP contribution < -0.4 is 25.4 Å². The van der Waals surface area contributed by atoms with Gasteiger partial charge in [-0.25, -0.2) is 15.0 Å². The standard InChI is InChI=1S/C29H32ClN6O3/c1-5-29(2,3)34-12-7-13-39-25-16-23-22(15-24(25)38-4)27(33-18-32-23)35-21-10-11-26(31-17-21)36-28(37)19-8-6-9-20(30)14-19/h6,8-11,14-18,34H,1,5,7,12-13H2,2-4H3,(H,31,36,37)(H,32,33,35). The van der Waals surface area contributed by atoms with E-state index in [2.05, 4.69) is 51.7 Å². The molecule has 1 amide bonds. The summed E-state index contributed by atoms with van der Waals surface area (Å²) in [4.78, 5) is 25.6. The highest BCUT2D eigenvalue weighted by Gasteiger charge is 2.15. The summed E-state index contributed by atoms with van der Waals surface area (Å²) in [6.45, 7) is 9.58. The number of amides is 1. The van der Waals surface area contributed by atoms with Gasteiger partial charge in [0.2, 0.25) is 0 Å². The maximum Gasteiger partial charge on any atom is 0.256 e. The minimum atomic E-state index is -0.295. The molecule has 0 saturated carbocycles. The van der Waals surface area contributed by atoms with E-state index in [4.69, 9.17) is 21.1 Å². The van der Waals surface area contributed by atoms with Gasteiger partial charge < -0.3 is 25.4 Å². The van der Waals surface area contributed by atoms with Gasteiger partial charge in [-0.3, -0.25) is 4.79 Å². The highest BCUT2D eigenvalue weighted by molar-refractivity contribution is 6.31. The largest absolute Gasteiger partial charge is 0.493 e. The molecule has 0 aliphatic carbocycles. The third-order valence-electron chi connectivity index (χ3n) is 6.08. The molecule has 0 bridgehead atoms. The van der Waals surface area contributed by atoms with E-state index in [0.29, 0.717) is 51.5 Å². The lowest BCUT2D eigenvalue weighted by atomic mass is 10.0. The Morgan fingerprint density at radius 3 is 2.64 bits per heavy atom. The molecule has 0 saturated heterocycles. The number of aromatic nitrogens is 3. The maximum absolute atomic E-state index is 12.5. The fourth-order valence-corrected chi connectivity index (χ4v) is 3.89. The maximum atomic E-state index is 12.5. The van der Waals surface area contributed by atoms with Crippen LogP contribution in [0, 0.1) is 6.92 Å². The van der Waals surface area contributed by atoms with Crippen molar-refractivity contribution in [2.24, 2.45) is 0 Å². The predicted octanol–water partition coefficient (Wildman–Crippen LogP) is 6.04. The van der Waals surface area contributed by atoms with E-state index in [-0.39, 0.29) is 11.4 Å². The van der Waals surface area contributed by atoms with Crippen molar-refractivity contribution < 1.29 is 14.3 Å². The fraction of sp³-hybridized carbons (Fsp3) is 0.276. The van der Waals surface area contributed by atoms with Gasteiger partial charge in [0.15, 0.2) is 11.5 Å². The topological polar surface area (TPSA) is 110 Å². The van der Waals surface area contributed by atoms with Gasteiger partial charge in [-0.1, -0.05) is 24.6 Å². The average Bonchev–Trinajstić information content (AvgIpc) is 2.93. The third-order valence-corrected chi connectivity index (χ3v) is 6.32. The molecule has 203 valence electrons. The Morgan fingerprint density at radius 1 is 1.08 bits per heavy atom. The fourth-order valence-electron chi connectivity index (χ4n) is 3.70. The summed E-state index contributed by atoms with van der Waals surface area (Å²) in [6.07, 6.45) is 4.74. The van der Waals surface area contributed by atoms with E-state index in [1.165, 1.54) is 6.33 Å². The van der Waals surface area contributed by atoms with Crippen LogP contribution in [0.4, 0.5) is 17.3 Å². The molecule has 0 unspecified atom stereocenters. The van der Waals surface area contributed by atoms with Crippen LogP contribution in [-0.2, 0) is 0 Å². The highest BCUT2D eigenvalue weighted by atomic mass is 35.5. The monoisotopic (exact) mass is 547 g/mol. The van der Waals surface area contributed by atoms with E-state index in [1.54, 1.807) is 49.7 Å². The van der Waals surface area contributed by atoms with Crippen LogP contribution in [0.1, 0.15) is 37.0 Å². The van der Waals surface area contributed by atoms with Gasteiger partial charge in [-0.2, -0.15) is 0 Å². The van der Waals surface area contributed by atoms with Gasteiger partial charge in [0, 0.05) is 27.6 Å². The van der Waals surface area contributed by atoms with Crippen LogP contribution in [0.3, 0.4) is 0 Å². The molecule has 1 radical (unpaired) electrons. The number of hydrogen-bond donors (Lipinski definition) is 3. The summed E-state index contributed by atoms with van der Waals surface area (Å²) >= 11 is 5.98. The summed E-state index contributed by atoms with van der Waals surface area (Å²) in [5, 5.41) is 10.8. The lowest BCUT2D eigenvalue weighted by molar-refractivity contribution is 0.102. The minimum Gasteiger partial charge on any atom is -0.493 e. The predicted molar refractivity (Wildman–Crippen MR) is 155 cm³/mol. The van der Waals surface area contributed by atoms with Crippen molar-refractivity contribution in [1.82, 2.24) is 20.3 Å². The number of hydrogen-bond acceptors (Lipinski definition) is 8. The van der Waals surface area contributed by atoms with Crippen molar-refractivity contribution in [2.45, 2.75) is 32.2 Å². The Morgan fingerprint density at radius 2 is 1.92 bits per heavy atom. The second kappa shape index (κ2) is 12.7. The van der Waals surface area contributed by atoms with Crippen molar-refractivity contribution in [3.8, 4) is 11.5 Å². The van der Waals surface area contributed by atoms with Crippen molar-refractivity contribution in [3.63, 3.8) is 0 Å². The number of carbonyl (C=O) groups excluding carboxylic acids is 1.